The number of rotatable bonds is 9. The van der Waals surface area contributed by atoms with Gasteiger partial charge in [0, 0.05) is 36.9 Å². The average Bonchev–Trinajstić information content (AvgIpc) is 3.52. The number of hydrogen-bond donors (Lipinski definition) is 2. The molecule has 0 spiro atoms. The van der Waals surface area contributed by atoms with Crippen LogP contribution in [-0.2, 0) is 32.0 Å². The molecule has 4 aromatic rings. The van der Waals surface area contributed by atoms with Crippen molar-refractivity contribution in [2.45, 2.75) is 51.0 Å². The number of furan rings is 1. The van der Waals surface area contributed by atoms with E-state index in [1.165, 1.54) is 13.0 Å². The Morgan fingerprint density at radius 1 is 0.917 bits per heavy atom. The van der Waals surface area contributed by atoms with Gasteiger partial charge in [-0.1, -0.05) is 36.4 Å². The van der Waals surface area contributed by atoms with Gasteiger partial charge in [-0.3, -0.25) is 18.8 Å². The van der Waals surface area contributed by atoms with Gasteiger partial charge in [0.05, 0.1) is 37.8 Å². The molecule has 2 atom stereocenters. The van der Waals surface area contributed by atoms with E-state index in [-0.39, 0.29) is 49.9 Å². The molecule has 0 saturated carbocycles. The van der Waals surface area contributed by atoms with Crippen molar-refractivity contribution >= 4 is 5.69 Å². The fraction of sp³-hybridized carbons (Fsp3) is 0.375. The van der Waals surface area contributed by atoms with E-state index in [4.69, 9.17) is 10.2 Å². The Balaban J connectivity index is 1.55. The van der Waals surface area contributed by atoms with Crippen molar-refractivity contribution in [2.24, 2.45) is 5.73 Å². The van der Waals surface area contributed by atoms with Crippen LogP contribution in [0, 0.1) is 12.7 Å². The van der Waals surface area contributed by atoms with Crippen LogP contribution in [0.5, 0.6) is 0 Å². The number of nitrogens with zero attached hydrogens (tertiary/aromatic N) is 4. The molecule has 1 saturated heterocycles. The fourth-order valence-corrected chi connectivity index (χ4v) is 5.94. The van der Waals surface area contributed by atoms with Crippen LogP contribution in [0.4, 0.5) is 36.4 Å². The molecule has 1 aliphatic rings. The number of aromatic nitrogens is 2. The lowest BCUT2D eigenvalue weighted by atomic mass is 10.1. The predicted molar refractivity (Wildman–Crippen MR) is 161 cm³/mol. The van der Waals surface area contributed by atoms with Crippen LogP contribution in [0.1, 0.15) is 39.9 Å². The molecule has 5 rings (SSSR count). The number of aliphatic hydroxyl groups is 1. The van der Waals surface area contributed by atoms with Crippen LogP contribution in [0.25, 0.3) is 0 Å². The Hall–Kier alpha value is -4.41. The summed E-state index contributed by atoms with van der Waals surface area (Å²) in [6, 6.07) is 11.3. The lowest BCUT2D eigenvalue weighted by molar-refractivity contribution is -0.153. The van der Waals surface area contributed by atoms with E-state index in [2.05, 4.69) is 0 Å². The van der Waals surface area contributed by atoms with Crippen LogP contribution in [-0.4, -0.2) is 51.4 Å². The Morgan fingerprint density at radius 2 is 1.62 bits per heavy atom. The normalized spacial score (nSPS) is 16.8. The van der Waals surface area contributed by atoms with Gasteiger partial charge in [-0.2, -0.15) is 26.3 Å². The van der Waals surface area contributed by atoms with Crippen LogP contribution in [0.3, 0.4) is 0 Å². The molecule has 2 aromatic carbocycles. The molecule has 0 radical (unpaired) electrons. The minimum absolute atomic E-state index is 0.00145. The highest BCUT2D eigenvalue weighted by Crippen LogP contribution is 2.34. The second kappa shape index (κ2) is 13.6. The molecule has 258 valence electrons. The molecular weight excluding hydrogens is 651 g/mol. The second-order valence-corrected chi connectivity index (χ2v) is 11.5. The molecule has 3 N–H and O–H groups in total. The first-order valence-corrected chi connectivity index (χ1v) is 14.8. The van der Waals surface area contributed by atoms with Gasteiger partial charge < -0.3 is 20.2 Å². The Morgan fingerprint density at radius 3 is 2.25 bits per heavy atom. The summed E-state index contributed by atoms with van der Waals surface area (Å²) >= 11 is 0. The van der Waals surface area contributed by atoms with E-state index < -0.39 is 71.5 Å². The summed E-state index contributed by atoms with van der Waals surface area (Å²) < 4.78 is 102. The summed E-state index contributed by atoms with van der Waals surface area (Å²) in [5.74, 6) is -2.37. The number of piperazine rings is 1. The SMILES string of the molecule is Cc1c(N2CCN(Cc3ccc(C(F)(F)F)o3)C(CO)C2)c(=O)n(C[C@@H](N)c2ccccc2)c(=O)n1Cc1c(F)cccc1C(F)(F)F. The van der Waals surface area contributed by atoms with Gasteiger partial charge in [-0.25, -0.2) is 9.18 Å². The summed E-state index contributed by atoms with van der Waals surface area (Å²) in [4.78, 5) is 31.1. The third-order valence-corrected chi connectivity index (χ3v) is 8.44. The summed E-state index contributed by atoms with van der Waals surface area (Å²) in [6.07, 6.45) is -9.62. The first-order chi connectivity index (χ1) is 22.6. The van der Waals surface area contributed by atoms with Gasteiger partial charge in [0.15, 0.2) is 0 Å². The highest BCUT2D eigenvalue weighted by molar-refractivity contribution is 5.50. The molecule has 0 aliphatic carbocycles. The number of hydrogen-bond acceptors (Lipinski definition) is 7. The first kappa shape index (κ1) is 34.9. The lowest BCUT2D eigenvalue weighted by Crippen LogP contribution is -2.56. The average molecular weight is 684 g/mol. The number of aliphatic hydroxyl groups excluding tert-OH is 1. The van der Waals surface area contributed by atoms with Crippen LogP contribution in [0.2, 0.25) is 0 Å². The number of nitrogens with two attached hydrogens (primary N) is 1. The highest BCUT2D eigenvalue weighted by Gasteiger charge is 2.37. The van der Waals surface area contributed by atoms with E-state index in [9.17, 15) is 45.4 Å². The van der Waals surface area contributed by atoms with Crippen molar-refractivity contribution in [3.63, 3.8) is 0 Å². The predicted octanol–water partition coefficient (Wildman–Crippen LogP) is 4.52. The first-order valence-electron chi connectivity index (χ1n) is 14.8. The monoisotopic (exact) mass is 683 g/mol. The Labute approximate surface area is 269 Å². The molecule has 1 unspecified atom stereocenters. The molecule has 9 nitrogen and oxygen atoms in total. The molecule has 0 bridgehead atoms. The van der Waals surface area contributed by atoms with Gasteiger partial charge in [0.1, 0.15) is 17.3 Å². The Kier molecular flexibility index (Phi) is 9.89. The maximum atomic E-state index is 15.0. The van der Waals surface area contributed by atoms with Crippen molar-refractivity contribution in [1.82, 2.24) is 14.0 Å². The number of benzene rings is 2. The summed E-state index contributed by atoms with van der Waals surface area (Å²) in [5, 5.41) is 10.2. The minimum atomic E-state index is -4.94. The van der Waals surface area contributed by atoms with Crippen molar-refractivity contribution in [1.29, 1.82) is 0 Å². The third-order valence-electron chi connectivity index (χ3n) is 8.44. The van der Waals surface area contributed by atoms with Crippen LogP contribution >= 0.6 is 0 Å². The fourth-order valence-electron chi connectivity index (χ4n) is 5.94. The second-order valence-electron chi connectivity index (χ2n) is 11.5. The summed E-state index contributed by atoms with van der Waals surface area (Å²) in [7, 11) is 0. The molecule has 1 aliphatic heterocycles. The molecule has 0 amide bonds. The molecule has 48 heavy (non-hydrogen) atoms. The smallest absolute Gasteiger partial charge is 0.449 e. The largest absolute Gasteiger partial charge is 0.455 e. The zero-order valence-corrected chi connectivity index (χ0v) is 25.6. The number of anilines is 1. The quantitative estimate of drug-likeness (QED) is 0.250. The van der Waals surface area contributed by atoms with Crippen molar-refractivity contribution in [3.8, 4) is 0 Å². The number of halogens is 7. The molecular formula is C32H32F7N5O4. The third kappa shape index (κ3) is 7.19. The zero-order chi connectivity index (χ0) is 35.0. The van der Waals surface area contributed by atoms with Crippen molar-refractivity contribution in [3.05, 3.63) is 121 Å². The standard InChI is InChI=1S/C32H32F7N5O4/c1-19-28(42-13-12-41(21(14-42)18-45)15-22-10-11-27(48-22)32(37,38)39)29(46)44(17-26(40)20-6-3-2-4-7-20)30(47)43(19)16-23-24(31(34,35)36)8-5-9-25(23)33/h2-11,21,26,45H,12-18,40H2,1H3/t21?,26-/m1/s1. The highest BCUT2D eigenvalue weighted by atomic mass is 19.4. The van der Waals surface area contributed by atoms with Crippen molar-refractivity contribution in [2.75, 3.05) is 31.1 Å². The van der Waals surface area contributed by atoms with Crippen LogP contribution < -0.4 is 21.9 Å². The lowest BCUT2D eigenvalue weighted by Gasteiger charge is -2.41. The topological polar surface area (TPSA) is 110 Å². The maximum Gasteiger partial charge on any atom is 0.449 e. The summed E-state index contributed by atoms with van der Waals surface area (Å²) in [5.41, 5.74) is 2.93. The molecule has 2 aromatic heterocycles. The molecule has 1 fully saturated rings. The maximum absolute atomic E-state index is 15.0. The van der Waals surface area contributed by atoms with Crippen molar-refractivity contribution < 1.29 is 40.3 Å². The Bertz CT molecular complexity index is 1870. The molecule has 16 heteroatoms. The zero-order valence-electron chi connectivity index (χ0n) is 25.6. The van der Waals surface area contributed by atoms with E-state index >= 15 is 0 Å². The van der Waals surface area contributed by atoms with E-state index in [0.717, 1.165) is 27.3 Å². The molecule has 3 heterocycles. The van der Waals surface area contributed by atoms with E-state index in [0.29, 0.717) is 11.6 Å². The van der Waals surface area contributed by atoms with Gasteiger partial charge in [0.2, 0.25) is 5.76 Å². The van der Waals surface area contributed by atoms with Crippen LogP contribution in [0.15, 0.2) is 74.7 Å². The summed E-state index contributed by atoms with van der Waals surface area (Å²) in [6.45, 7) is -0.260. The van der Waals surface area contributed by atoms with Gasteiger partial charge in [-0.15, -0.1) is 0 Å². The van der Waals surface area contributed by atoms with Gasteiger partial charge in [-0.05, 0) is 36.8 Å². The van der Waals surface area contributed by atoms with Gasteiger partial charge in [0.25, 0.3) is 5.56 Å². The minimum Gasteiger partial charge on any atom is -0.455 e. The van der Waals surface area contributed by atoms with E-state index in [1.807, 2.05) is 0 Å². The number of alkyl halides is 6. The van der Waals surface area contributed by atoms with Gasteiger partial charge >= 0.3 is 18.0 Å². The van der Waals surface area contributed by atoms with E-state index in [1.54, 1.807) is 40.1 Å².